The number of nitrogens with zero attached hydrogens (tertiary/aromatic N) is 2. The molecule has 0 saturated heterocycles. The Bertz CT molecular complexity index is 2330. The van der Waals surface area contributed by atoms with Gasteiger partial charge in [0.25, 0.3) is 0 Å². The molecule has 0 amide bonds. The maximum atomic E-state index is 6.82. The minimum atomic E-state index is -1.93. The highest BCUT2D eigenvalue weighted by Crippen LogP contribution is 2.54. The molecule has 4 heteroatoms. The Morgan fingerprint density at radius 2 is 1.33 bits per heavy atom. The van der Waals surface area contributed by atoms with E-state index in [-0.39, 0.29) is 5.41 Å². The molecular formula is C42H34N2OSi. The predicted molar refractivity (Wildman–Crippen MR) is 193 cm³/mol. The number of hydrogen-bond acceptors (Lipinski definition) is 2. The van der Waals surface area contributed by atoms with Crippen molar-refractivity contribution in [3.05, 3.63) is 145 Å². The number of benzene rings is 6. The number of imidazole rings is 1. The van der Waals surface area contributed by atoms with Crippen LogP contribution in [0.25, 0.3) is 50.4 Å². The lowest BCUT2D eigenvalue weighted by molar-refractivity contribution is 0.487. The van der Waals surface area contributed by atoms with Crippen LogP contribution in [0.15, 0.2) is 133 Å². The third-order valence-electron chi connectivity index (χ3n) is 10.3. The van der Waals surface area contributed by atoms with E-state index in [2.05, 4.69) is 159 Å². The third kappa shape index (κ3) is 3.80. The quantitative estimate of drug-likeness (QED) is 0.186. The normalized spacial score (nSPS) is 15.0. The van der Waals surface area contributed by atoms with E-state index in [0.717, 1.165) is 39.6 Å². The molecule has 0 spiro atoms. The maximum Gasteiger partial charge on any atom is 0.145 e. The summed E-state index contributed by atoms with van der Waals surface area (Å²) in [5, 5.41) is 2.75. The van der Waals surface area contributed by atoms with E-state index < -0.39 is 8.07 Å². The van der Waals surface area contributed by atoms with Crippen molar-refractivity contribution in [1.29, 1.82) is 0 Å². The van der Waals surface area contributed by atoms with Crippen LogP contribution < -0.4 is 15.1 Å². The van der Waals surface area contributed by atoms with Gasteiger partial charge in [0.05, 0.1) is 11.0 Å². The summed E-state index contributed by atoms with van der Waals surface area (Å²) in [7, 11) is -1.93. The van der Waals surface area contributed by atoms with Gasteiger partial charge >= 0.3 is 0 Å². The van der Waals surface area contributed by atoms with Gasteiger partial charge in [0.15, 0.2) is 0 Å². The van der Waals surface area contributed by atoms with Crippen molar-refractivity contribution in [2.45, 2.75) is 32.4 Å². The van der Waals surface area contributed by atoms with Crippen molar-refractivity contribution in [3.8, 4) is 50.8 Å². The minimum Gasteiger partial charge on any atom is -0.457 e. The molecule has 1 aliphatic carbocycles. The highest BCUT2D eigenvalue weighted by Gasteiger charge is 2.43. The second-order valence-electron chi connectivity index (χ2n) is 13.6. The van der Waals surface area contributed by atoms with Crippen molar-refractivity contribution in [2.24, 2.45) is 0 Å². The monoisotopic (exact) mass is 610 g/mol. The first-order valence-electron chi connectivity index (χ1n) is 16.1. The SMILES string of the molecule is CC1(C)c2ccc(-c3ccc(-n4c(-c5ccccc5)nc5ccccc54)cc3)cc2-c2c1ccc1c2Oc2ccccc2[Si]1(C)C. The number of ether oxygens (including phenoxy) is 1. The Kier molecular flexibility index (Phi) is 5.70. The molecule has 0 saturated carbocycles. The Hall–Kier alpha value is -5.19. The summed E-state index contributed by atoms with van der Waals surface area (Å²) in [6.07, 6.45) is 0. The Labute approximate surface area is 270 Å². The zero-order chi connectivity index (χ0) is 31.2. The molecule has 222 valence electrons. The summed E-state index contributed by atoms with van der Waals surface area (Å²) < 4.78 is 9.08. The average molecular weight is 611 g/mol. The lowest BCUT2D eigenvalue weighted by atomic mass is 9.82. The lowest BCUT2D eigenvalue weighted by Crippen LogP contribution is -2.56. The molecule has 3 nitrogen and oxygen atoms in total. The first-order chi connectivity index (χ1) is 22.3. The summed E-state index contributed by atoms with van der Waals surface area (Å²) >= 11 is 0. The molecule has 0 unspecified atom stereocenters. The topological polar surface area (TPSA) is 27.1 Å². The van der Waals surface area contributed by atoms with Gasteiger partial charge < -0.3 is 4.74 Å². The maximum absolute atomic E-state index is 6.82. The molecular weight excluding hydrogens is 577 g/mol. The predicted octanol–water partition coefficient (Wildman–Crippen LogP) is 9.59. The largest absolute Gasteiger partial charge is 0.457 e. The zero-order valence-corrected chi connectivity index (χ0v) is 27.5. The van der Waals surface area contributed by atoms with E-state index in [1.54, 1.807) is 0 Å². The van der Waals surface area contributed by atoms with Gasteiger partial charge in [-0.05, 0) is 74.6 Å². The molecule has 0 bridgehead atoms. The average Bonchev–Trinajstić information content (AvgIpc) is 3.58. The molecule has 0 radical (unpaired) electrons. The highest BCUT2D eigenvalue weighted by molar-refractivity contribution is 7.01. The van der Waals surface area contributed by atoms with Crippen molar-refractivity contribution >= 4 is 29.5 Å². The summed E-state index contributed by atoms with van der Waals surface area (Å²) in [6, 6.07) is 48.1. The number of aromatic nitrogens is 2. The Balaban J connectivity index is 1.16. The van der Waals surface area contributed by atoms with Gasteiger partial charge in [-0.2, -0.15) is 0 Å². The zero-order valence-electron chi connectivity index (χ0n) is 26.5. The van der Waals surface area contributed by atoms with Crippen LogP contribution in [0.1, 0.15) is 25.0 Å². The summed E-state index contributed by atoms with van der Waals surface area (Å²) in [5.41, 5.74) is 11.8. The molecule has 0 fully saturated rings. The van der Waals surface area contributed by atoms with Crippen molar-refractivity contribution in [2.75, 3.05) is 0 Å². The fourth-order valence-corrected chi connectivity index (χ4v) is 10.6. The number of rotatable bonds is 3. The molecule has 2 aliphatic rings. The van der Waals surface area contributed by atoms with Crippen LogP contribution in [0.2, 0.25) is 13.1 Å². The van der Waals surface area contributed by atoms with E-state index in [1.165, 1.54) is 43.8 Å². The molecule has 9 rings (SSSR count). The Morgan fingerprint density at radius 3 is 2.15 bits per heavy atom. The molecule has 46 heavy (non-hydrogen) atoms. The fourth-order valence-electron chi connectivity index (χ4n) is 7.79. The summed E-state index contributed by atoms with van der Waals surface area (Å²) in [6.45, 7) is 9.59. The van der Waals surface area contributed by atoms with Gasteiger partial charge in [0.1, 0.15) is 25.4 Å². The summed E-state index contributed by atoms with van der Waals surface area (Å²) in [4.78, 5) is 5.03. The fraction of sp³-hybridized carbons (Fsp3) is 0.119. The number of fused-ring (bicyclic) bond motifs is 7. The van der Waals surface area contributed by atoms with Gasteiger partial charge in [-0.3, -0.25) is 4.57 Å². The molecule has 0 N–H and O–H groups in total. The molecule has 0 atom stereocenters. The molecule has 2 heterocycles. The molecule has 1 aromatic heterocycles. The standard InChI is InChI=1S/C42H34N2OSi/c1-42(2)32-23-20-29(26-31(32)39-33(42)24-25-38-40(39)45-36-16-10-11-17-37(36)46(38,3)4)27-18-21-30(22-19-27)44-35-15-9-8-14-34(35)43-41(44)28-12-6-5-7-13-28/h5-26H,1-4H3. The van der Waals surface area contributed by atoms with Gasteiger partial charge in [0, 0.05) is 22.2 Å². The van der Waals surface area contributed by atoms with Crippen LogP contribution in [0.4, 0.5) is 0 Å². The van der Waals surface area contributed by atoms with Crippen molar-refractivity contribution in [3.63, 3.8) is 0 Å². The van der Waals surface area contributed by atoms with Gasteiger partial charge in [0.2, 0.25) is 0 Å². The highest BCUT2D eigenvalue weighted by atomic mass is 28.3. The van der Waals surface area contributed by atoms with Crippen LogP contribution >= 0.6 is 0 Å². The van der Waals surface area contributed by atoms with Crippen LogP contribution in [-0.2, 0) is 5.41 Å². The molecule has 1 aliphatic heterocycles. The van der Waals surface area contributed by atoms with Crippen molar-refractivity contribution < 1.29 is 4.74 Å². The van der Waals surface area contributed by atoms with Crippen LogP contribution in [0.3, 0.4) is 0 Å². The van der Waals surface area contributed by atoms with Crippen LogP contribution in [-0.4, -0.2) is 17.6 Å². The molecule has 6 aromatic carbocycles. The van der Waals surface area contributed by atoms with Crippen molar-refractivity contribution in [1.82, 2.24) is 9.55 Å². The number of hydrogen-bond donors (Lipinski definition) is 0. The van der Waals surface area contributed by atoms with E-state index in [1.807, 2.05) is 6.07 Å². The second-order valence-corrected chi connectivity index (χ2v) is 18.0. The van der Waals surface area contributed by atoms with Gasteiger partial charge in [-0.25, -0.2) is 4.98 Å². The van der Waals surface area contributed by atoms with E-state index in [4.69, 9.17) is 9.72 Å². The number of para-hydroxylation sites is 3. The third-order valence-corrected chi connectivity index (χ3v) is 13.8. The Morgan fingerprint density at radius 1 is 0.630 bits per heavy atom. The first kappa shape index (κ1) is 27.1. The van der Waals surface area contributed by atoms with E-state index in [0.29, 0.717) is 0 Å². The van der Waals surface area contributed by atoms with Crippen LogP contribution in [0, 0.1) is 0 Å². The first-order valence-corrected chi connectivity index (χ1v) is 19.1. The second kappa shape index (κ2) is 9.65. The van der Waals surface area contributed by atoms with E-state index >= 15 is 0 Å². The smallest absolute Gasteiger partial charge is 0.145 e. The summed E-state index contributed by atoms with van der Waals surface area (Å²) in [5.74, 6) is 3.02. The van der Waals surface area contributed by atoms with Crippen LogP contribution in [0.5, 0.6) is 11.5 Å². The van der Waals surface area contributed by atoms with E-state index in [9.17, 15) is 0 Å². The van der Waals surface area contributed by atoms with Gasteiger partial charge in [-0.15, -0.1) is 0 Å². The molecule has 7 aromatic rings. The minimum absolute atomic E-state index is 0.107. The van der Waals surface area contributed by atoms with Gasteiger partial charge in [-0.1, -0.05) is 124 Å². The lowest BCUT2D eigenvalue weighted by Gasteiger charge is -2.34.